The van der Waals surface area contributed by atoms with Gasteiger partial charge in [-0.15, -0.1) is 0 Å². The van der Waals surface area contributed by atoms with Gasteiger partial charge in [-0.2, -0.15) is 0 Å². The summed E-state index contributed by atoms with van der Waals surface area (Å²) in [7, 11) is 2.93. The van der Waals surface area contributed by atoms with Crippen LogP contribution in [0.1, 0.15) is 19.8 Å². The zero-order chi connectivity index (χ0) is 14.1. The minimum atomic E-state index is -1.16. The number of aliphatic carboxylic acids is 1. The second-order valence-corrected chi connectivity index (χ2v) is 3.97. The van der Waals surface area contributed by atoms with Crippen molar-refractivity contribution in [1.29, 1.82) is 0 Å². The van der Waals surface area contributed by atoms with Crippen molar-refractivity contribution < 1.29 is 24.2 Å². The fourth-order valence-electron chi connectivity index (χ4n) is 1.33. The molecule has 18 heavy (non-hydrogen) atoms. The van der Waals surface area contributed by atoms with E-state index in [2.05, 4.69) is 15.4 Å². The maximum absolute atomic E-state index is 11.6. The van der Waals surface area contributed by atoms with Crippen molar-refractivity contribution in [2.24, 2.45) is 5.92 Å². The van der Waals surface area contributed by atoms with E-state index in [1.54, 1.807) is 14.0 Å². The molecule has 0 aliphatic heterocycles. The summed E-state index contributed by atoms with van der Waals surface area (Å²) < 4.78 is 4.42. The molecule has 1 unspecified atom stereocenters. The standard InChI is InChI=1S/C11H20N2O5/c1-7(6-12-2)10(15)13-8(11(16)17)4-5-9(14)18-3/h7-8,12H,4-6H2,1-3H3,(H,13,15)(H,16,17)/t7?,8-/m1/s1. The molecule has 104 valence electrons. The number of carbonyl (C=O) groups excluding carboxylic acids is 2. The summed E-state index contributed by atoms with van der Waals surface area (Å²) in [6.45, 7) is 2.14. The van der Waals surface area contributed by atoms with Crippen molar-refractivity contribution >= 4 is 17.8 Å². The lowest BCUT2D eigenvalue weighted by Crippen LogP contribution is -2.45. The highest BCUT2D eigenvalue weighted by Crippen LogP contribution is 2.02. The molecule has 0 aromatic heterocycles. The molecular weight excluding hydrogens is 240 g/mol. The highest BCUT2D eigenvalue weighted by Gasteiger charge is 2.23. The first-order valence-electron chi connectivity index (χ1n) is 5.67. The molecule has 3 N–H and O–H groups in total. The second kappa shape index (κ2) is 8.46. The van der Waals surface area contributed by atoms with Crippen molar-refractivity contribution in [1.82, 2.24) is 10.6 Å². The SMILES string of the molecule is CNCC(C)C(=O)N[C@H](CCC(=O)OC)C(=O)O. The Labute approximate surface area is 106 Å². The number of ether oxygens (including phenoxy) is 1. The Kier molecular flexibility index (Phi) is 7.69. The predicted molar refractivity (Wildman–Crippen MR) is 63.9 cm³/mol. The van der Waals surface area contributed by atoms with Crippen molar-refractivity contribution in [2.45, 2.75) is 25.8 Å². The van der Waals surface area contributed by atoms with Gasteiger partial charge in [-0.1, -0.05) is 6.92 Å². The van der Waals surface area contributed by atoms with Gasteiger partial charge in [0, 0.05) is 18.9 Å². The van der Waals surface area contributed by atoms with Gasteiger partial charge >= 0.3 is 11.9 Å². The second-order valence-electron chi connectivity index (χ2n) is 3.97. The van der Waals surface area contributed by atoms with Gasteiger partial charge < -0.3 is 20.5 Å². The zero-order valence-corrected chi connectivity index (χ0v) is 10.9. The molecule has 0 aromatic rings. The van der Waals surface area contributed by atoms with Gasteiger partial charge in [0.1, 0.15) is 6.04 Å². The van der Waals surface area contributed by atoms with E-state index in [0.717, 1.165) is 0 Å². The van der Waals surface area contributed by atoms with Crippen LogP contribution in [0.25, 0.3) is 0 Å². The molecule has 7 nitrogen and oxygen atoms in total. The Morgan fingerprint density at radius 3 is 2.39 bits per heavy atom. The van der Waals surface area contributed by atoms with Crippen LogP contribution >= 0.6 is 0 Å². The summed E-state index contributed by atoms with van der Waals surface area (Å²) in [6, 6.07) is -1.07. The third-order valence-electron chi connectivity index (χ3n) is 2.44. The van der Waals surface area contributed by atoms with E-state index in [1.165, 1.54) is 7.11 Å². The van der Waals surface area contributed by atoms with Gasteiger partial charge in [-0.3, -0.25) is 9.59 Å². The maximum Gasteiger partial charge on any atom is 0.326 e. The van der Waals surface area contributed by atoms with Crippen LogP contribution in [0.4, 0.5) is 0 Å². The Bertz CT molecular complexity index is 306. The molecular formula is C11H20N2O5. The minimum absolute atomic E-state index is 0.0139. The minimum Gasteiger partial charge on any atom is -0.480 e. The first kappa shape index (κ1) is 16.4. The van der Waals surface area contributed by atoms with E-state index in [-0.39, 0.29) is 24.7 Å². The van der Waals surface area contributed by atoms with Crippen molar-refractivity contribution in [3.8, 4) is 0 Å². The Hall–Kier alpha value is -1.63. The molecule has 2 atom stereocenters. The molecule has 0 aromatic carbocycles. The maximum atomic E-state index is 11.6. The number of amides is 1. The Morgan fingerprint density at radius 1 is 1.33 bits per heavy atom. The van der Waals surface area contributed by atoms with Gasteiger partial charge in [0.25, 0.3) is 0 Å². The van der Waals surface area contributed by atoms with Crippen LogP contribution in [0.15, 0.2) is 0 Å². The Balaban J connectivity index is 4.31. The molecule has 0 radical (unpaired) electrons. The highest BCUT2D eigenvalue weighted by atomic mass is 16.5. The van der Waals surface area contributed by atoms with Crippen molar-refractivity contribution in [2.75, 3.05) is 20.7 Å². The molecule has 0 rings (SSSR count). The van der Waals surface area contributed by atoms with Crippen LogP contribution < -0.4 is 10.6 Å². The molecule has 1 amide bonds. The third kappa shape index (κ3) is 6.19. The van der Waals surface area contributed by atoms with Gasteiger partial charge in [0.05, 0.1) is 7.11 Å². The molecule has 0 bridgehead atoms. The van der Waals surface area contributed by atoms with E-state index in [4.69, 9.17) is 5.11 Å². The topological polar surface area (TPSA) is 105 Å². The average molecular weight is 260 g/mol. The van der Waals surface area contributed by atoms with Crippen LogP contribution in [0.2, 0.25) is 0 Å². The molecule has 0 saturated carbocycles. The summed E-state index contributed by atoms with van der Waals surface area (Å²) in [4.78, 5) is 33.5. The third-order valence-corrected chi connectivity index (χ3v) is 2.44. The fraction of sp³-hybridized carbons (Fsp3) is 0.727. The number of hydrogen-bond donors (Lipinski definition) is 3. The predicted octanol–water partition coefficient (Wildman–Crippen LogP) is -0.635. The van der Waals surface area contributed by atoms with Gasteiger partial charge in [0.2, 0.25) is 5.91 Å². The van der Waals surface area contributed by atoms with Gasteiger partial charge in [0.15, 0.2) is 0 Å². The highest BCUT2D eigenvalue weighted by molar-refractivity contribution is 5.85. The van der Waals surface area contributed by atoms with Gasteiger partial charge in [-0.25, -0.2) is 4.79 Å². The summed E-state index contributed by atoms with van der Waals surface area (Å²) in [5.74, 6) is -2.36. The molecule has 0 spiro atoms. The molecule has 0 heterocycles. The molecule has 7 heteroatoms. The molecule has 0 fully saturated rings. The first-order valence-corrected chi connectivity index (χ1v) is 5.67. The van der Waals surface area contributed by atoms with E-state index in [1.807, 2.05) is 0 Å². The number of rotatable bonds is 8. The Morgan fingerprint density at radius 2 is 1.94 bits per heavy atom. The smallest absolute Gasteiger partial charge is 0.326 e. The lowest BCUT2D eigenvalue weighted by molar-refractivity contribution is -0.144. The lowest BCUT2D eigenvalue weighted by atomic mass is 10.1. The van der Waals surface area contributed by atoms with E-state index in [0.29, 0.717) is 6.54 Å². The molecule has 0 aliphatic carbocycles. The van der Waals surface area contributed by atoms with Gasteiger partial charge in [-0.05, 0) is 13.5 Å². The largest absolute Gasteiger partial charge is 0.480 e. The van der Waals surface area contributed by atoms with Crippen LogP contribution in [0, 0.1) is 5.92 Å². The van der Waals surface area contributed by atoms with E-state index >= 15 is 0 Å². The summed E-state index contributed by atoms with van der Waals surface area (Å²) in [6.07, 6.45) is -0.0336. The normalized spacial score (nSPS) is 13.5. The molecule has 0 aliphatic rings. The summed E-state index contributed by atoms with van der Waals surface area (Å²) in [5.41, 5.74) is 0. The van der Waals surface area contributed by atoms with Crippen molar-refractivity contribution in [3.63, 3.8) is 0 Å². The number of carboxylic acid groups (broad SMARTS) is 1. The van der Waals surface area contributed by atoms with Crippen LogP contribution in [-0.4, -0.2) is 49.7 Å². The van der Waals surface area contributed by atoms with E-state index in [9.17, 15) is 14.4 Å². The van der Waals surface area contributed by atoms with Crippen molar-refractivity contribution in [3.05, 3.63) is 0 Å². The molecule has 0 saturated heterocycles. The number of carbonyl (C=O) groups is 3. The van der Waals surface area contributed by atoms with Crippen LogP contribution in [0.3, 0.4) is 0 Å². The summed E-state index contributed by atoms with van der Waals surface area (Å²) in [5, 5.41) is 14.2. The van der Waals surface area contributed by atoms with Crippen LogP contribution in [-0.2, 0) is 19.1 Å². The first-order chi connectivity index (χ1) is 8.42. The van der Waals surface area contributed by atoms with Crippen LogP contribution in [0.5, 0.6) is 0 Å². The quantitative estimate of drug-likeness (QED) is 0.502. The number of hydrogen-bond acceptors (Lipinski definition) is 5. The fourth-order valence-corrected chi connectivity index (χ4v) is 1.33. The summed E-state index contributed by atoms with van der Waals surface area (Å²) >= 11 is 0. The number of esters is 1. The monoisotopic (exact) mass is 260 g/mol. The number of nitrogens with one attached hydrogen (secondary N) is 2. The lowest BCUT2D eigenvalue weighted by Gasteiger charge is -2.17. The number of methoxy groups -OCH3 is 1. The number of carboxylic acids is 1. The van der Waals surface area contributed by atoms with E-state index < -0.39 is 18.0 Å². The zero-order valence-electron chi connectivity index (χ0n) is 10.9. The average Bonchev–Trinajstić information content (AvgIpc) is 2.33.